The van der Waals surface area contributed by atoms with Gasteiger partial charge in [0, 0.05) is 53.1 Å². The summed E-state index contributed by atoms with van der Waals surface area (Å²) in [6.07, 6.45) is -0.522. The first-order chi connectivity index (χ1) is 15.8. The first kappa shape index (κ1) is 26.6. The second-order valence-electron chi connectivity index (χ2n) is 8.44. The molecule has 3 rings (SSSR count). The molecule has 2 aromatic rings. The van der Waals surface area contributed by atoms with E-state index >= 15 is 0 Å². The van der Waals surface area contributed by atoms with E-state index in [1.807, 2.05) is 0 Å². The van der Waals surface area contributed by atoms with Crippen molar-refractivity contribution in [3.63, 3.8) is 0 Å². The van der Waals surface area contributed by atoms with E-state index in [1.165, 1.54) is 21.3 Å². The summed E-state index contributed by atoms with van der Waals surface area (Å²) in [6.45, 7) is 5.55. The van der Waals surface area contributed by atoms with Gasteiger partial charge in [-0.25, -0.2) is 13.2 Å². The van der Waals surface area contributed by atoms with Crippen LogP contribution in [0.1, 0.15) is 20.8 Å². The molecule has 0 radical (unpaired) electrons. The summed E-state index contributed by atoms with van der Waals surface area (Å²) in [6, 6.07) is 8.43. The minimum Gasteiger partial charge on any atom is -0.444 e. The monoisotopic (exact) mass is 547 g/mol. The van der Waals surface area contributed by atoms with Crippen molar-refractivity contribution < 1.29 is 22.9 Å². The molecule has 1 aliphatic heterocycles. The third-order valence-corrected chi connectivity index (χ3v) is 8.64. The summed E-state index contributed by atoms with van der Waals surface area (Å²) in [5, 5.41) is 12.1. The van der Waals surface area contributed by atoms with Crippen LogP contribution in [0.4, 0.5) is 10.5 Å². The third-order valence-electron chi connectivity index (χ3n) is 4.76. The molecule has 1 aliphatic rings. The molecule has 0 saturated carbocycles. The highest BCUT2D eigenvalue weighted by atomic mass is 35.5. The molecule has 2 aromatic carbocycles. The summed E-state index contributed by atoms with van der Waals surface area (Å²) < 4.78 is 33.6. The molecule has 0 N–H and O–H groups in total. The summed E-state index contributed by atoms with van der Waals surface area (Å²) >= 11 is 13.3. The molecule has 0 unspecified atom stereocenters. The zero-order chi connectivity index (χ0) is 25.3. The van der Waals surface area contributed by atoms with Crippen molar-refractivity contribution in [3.05, 3.63) is 56.6 Å². The van der Waals surface area contributed by atoms with E-state index in [0.717, 1.165) is 17.8 Å². The molecule has 0 bridgehead atoms. The van der Waals surface area contributed by atoms with Crippen LogP contribution >= 0.6 is 35.0 Å². The van der Waals surface area contributed by atoms with Crippen molar-refractivity contribution in [3.8, 4) is 0 Å². The summed E-state index contributed by atoms with van der Waals surface area (Å²) in [5.41, 5.74) is -1.02. The topological polar surface area (TPSA) is 110 Å². The van der Waals surface area contributed by atoms with Gasteiger partial charge < -0.3 is 9.64 Å². The van der Waals surface area contributed by atoms with Gasteiger partial charge in [0.25, 0.3) is 5.69 Å². The maximum Gasteiger partial charge on any atom is 0.410 e. The van der Waals surface area contributed by atoms with Crippen LogP contribution in [0.5, 0.6) is 0 Å². The van der Waals surface area contributed by atoms with Crippen molar-refractivity contribution in [2.45, 2.75) is 41.1 Å². The molecule has 184 valence electrons. The highest BCUT2D eigenvalue weighted by molar-refractivity contribution is 8.00. The van der Waals surface area contributed by atoms with Crippen molar-refractivity contribution in [2.75, 3.05) is 26.2 Å². The predicted octanol–water partition coefficient (Wildman–Crippen LogP) is 5.29. The first-order valence-electron chi connectivity index (χ1n) is 10.2. The second kappa shape index (κ2) is 10.3. The zero-order valence-electron chi connectivity index (χ0n) is 18.7. The van der Waals surface area contributed by atoms with Gasteiger partial charge in [-0.2, -0.15) is 4.31 Å². The molecule has 1 fully saturated rings. The number of nitro groups is 1. The van der Waals surface area contributed by atoms with Gasteiger partial charge in [-0.1, -0.05) is 35.0 Å². The van der Waals surface area contributed by atoms with Gasteiger partial charge in [0.05, 0.1) is 9.95 Å². The molecule has 34 heavy (non-hydrogen) atoms. The molecule has 1 saturated heterocycles. The highest BCUT2D eigenvalue weighted by Gasteiger charge is 2.34. The fourth-order valence-corrected chi connectivity index (χ4v) is 6.46. The molecule has 0 spiro atoms. The molecule has 0 atom stereocenters. The van der Waals surface area contributed by atoms with Crippen LogP contribution in [-0.2, 0) is 14.8 Å². The standard InChI is InChI=1S/C21H23Cl2N3O6S2/c1-21(2,3)32-20(27)24-8-10-25(11-9-24)34(30,31)19-13-15(26(28)29)5-7-17(19)33-18-12-14(22)4-6-16(18)23/h4-7,12-13H,8-11H2,1-3H3. The van der Waals surface area contributed by atoms with E-state index in [9.17, 15) is 23.3 Å². The number of carbonyl (C=O) groups excluding carboxylic acids is 1. The van der Waals surface area contributed by atoms with Gasteiger partial charge in [-0.15, -0.1) is 0 Å². The number of rotatable bonds is 5. The van der Waals surface area contributed by atoms with Gasteiger partial charge in [0.1, 0.15) is 10.5 Å². The van der Waals surface area contributed by atoms with Crippen molar-refractivity contribution in [1.29, 1.82) is 0 Å². The number of nitrogens with zero attached hydrogens (tertiary/aromatic N) is 3. The van der Waals surface area contributed by atoms with Crippen LogP contribution in [0.15, 0.2) is 51.1 Å². The average molecular weight is 548 g/mol. The van der Waals surface area contributed by atoms with Crippen LogP contribution < -0.4 is 0 Å². The number of nitro benzene ring substituents is 1. The van der Waals surface area contributed by atoms with Crippen LogP contribution in [0.2, 0.25) is 10.0 Å². The predicted molar refractivity (Wildman–Crippen MR) is 130 cm³/mol. The number of sulfonamides is 1. The minimum absolute atomic E-state index is 0.0201. The molecule has 0 aliphatic carbocycles. The lowest BCUT2D eigenvalue weighted by atomic mass is 10.2. The van der Waals surface area contributed by atoms with Crippen molar-refractivity contribution >= 4 is 56.8 Å². The van der Waals surface area contributed by atoms with E-state index in [0.29, 0.717) is 14.9 Å². The smallest absolute Gasteiger partial charge is 0.410 e. The SMILES string of the molecule is CC(C)(C)OC(=O)N1CCN(S(=O)(=O)c2cc([N+](=O)[O-])ccc2Sc2cc(Cl)ccc2Cl)CC1. The average Bonchev–Trinajstić information content (AvgIpc) is 2.75. The number of non-ortho nitro benzene ring substituents is 1. The highest BCUT2D eigenvalue weighted by Crippen LogP contribution is 2.40. The number of piperazine rings is 1. The Morgan fingerprint density at radius 1 is 1.06 bits per heavy atom. The van der Waals surface area contributed by atoms with Crippen LogP contribution in [0.25, 0.3) is 0 Å². The van der Waals surface area contributed by atoms with Gasteiger partial charge in [-0.3, -0.25) is 10.1 Å². The van der Waals surface area contributed by atoms with Gasteiger partial charge in [-0.05, 0) is 45.0 Å². The van der Waals surface area contributed by atoms with Crippen molar-refractivity contribution in [2.24, 2.45) is 0 Å². The summed E-state index contributed by atoms with van der Waals surface area (Å²) in [7, 11) is -4.12. The fourth-order valence-electron chi connectivity index (χ4n) is 3.15. The third kappa shape index (κ3) is 6.33. The lowest BCUT2D eigenvalue weighted by molar-refractivity contribution is -0.385. The van der Waals surface area contributed by atoms with Gasteiger partial charge in [0.2, 0.25) is 10.0 Å². The Hall–Kier alpha value is -2.05. The molecule has 9 nitrogen and oxygen atoms in total. The number of hydrogen-bond donors (Lipinski definition) is 0. The van der Waals surface area contributed by atoms with E-state index in [-0.39, 0.29) is 41.7 Å². The second-order valence-corrected chi connectivity index (χ2v) is 12.3. The summed E-state index contributed by atoms with van der Waals surface area (Å²) in [4.78, 5) is 25.0. The van der Waals surface area contributed by atoms with Crippen molar-refractivity contribution in [1.82, 2.24) is 9.21 Å². The van der Waals surface area contributed by atoms with E-state index in [1.54, 1.807) is 39.0 Å². The number of amides is 1. The minimum atomic E-state index is -4.12. The zero-order valence-corrected chi connectivity index (χ0v) is 21.8. The lowest BCUT2D eigenvalue weighted by Crippen LogP contribution is -2.51. The van der Waals surface area contributed by atoms with E-state index in [2.05, 4.69) is 0 Å². The van der Waals surface area contributed by atoms with E-state index in [4.69, 9.17) is 27.9 Å². The Morgan fingerprint density at radius 3 is 2.29 bits per heavy atom. The number of benzene rings is 2. The Morgan fingerprint density at radius 2 is 1.71 bits per heavy atom. The number of halogens is 2. The molecule has 13 heteroatoms. The Balaban J connectivity index is 1.89. The normalized spacial score (nSPS) is 15.3. The lowest BCUT2D eigenvalue weighted by Gasteiger charge is -2.35. The fraction of sp³-hybridized carbons (Fsp3) is 0.381. The first-order valence-corrected chi connectivity index (χ1v) is 13.2. The molecule has 1 heterocycles. The molecular formula is C21H23Cl2N3O6S2. The number of ether oxygens (including phenoxy) is 1. The Labute approximate surface area is 212 Å². The molecule has 0 aromatic heterocycles. The van der Waals surface area contributed by atoms with Gasteiger partial charge >= 0.3 is 6.09 Å². The van der Waals surface area contributed by atoms with E-state index < -0.39 is 26.6 Å². The number of carbonyl (C=O) groups is 1. The van der Waals surface area contributed by atoms with Crippen LogP contribution in [0, 0.1) is 10.1 Å². The maximum absolute atomic E-state index is 13.5. The van der Waals surface area contributed by atoms with Gasteiger partial charge in [0.15, 0.2) is 0 Å². The largest absolute Gasteiger partial charge is 0.444 e. The Kier molecular flexibility index (Phi) is 8.03. The summed E-state index contributed by atoms with van der Waals surface area (Å²) in [5.74, 6) is 0. The maximum atomic E-state index is 13.5. The van der Waals surface area contributed by atoms with Crippen LogP contribution in [0.3, 0.4) is 0 Å². The van der Waals surface area contributed by atoms with Crippen LogP contribution in [-0.4, -0.2) is 60.4 Å². The molecule has 1 amide bonds. The quantitative estimate of drug-likeness (QED) is 0.369. The Bertz CT molecular complexity index is 1210. The molecular weight excluding hydrogens is 525 g/mol. The number of hydrogen-bond acceptors (Lipinski definition) is 7.